The largest absolute Gasteiger partial charge is 0.243 e. The Morgan fingerprint density at radius 2 is 1.67 bits per heavy atom. The maximum atomic E-state index is 13.0. The molecular formula is C16H24BrNO2S. The lowest BCUT2D eigenvalue weighted by Crippen LogP contribution is -2.38. The maximum absolute atomic E-state index is 13.0. The molecule has 0 heterocycles. The average molecular weight is 374 g/mol. The molecule has 1 aromatic rings. The monoisotopic (exact) mass is 373 g/mol. The normalized spacial score (nSPS) is 17.4. The first-order valence-corrected chi connectivity index (χ1v) is 9.74. The van der Waals surface area contributed by atoms with E-state index < -0.39 is 10.0 Å². The van der Waals surface area contributed by atoms with Crippen LogP contribution in [-0.2, 0) is 10.0 Å². The molecule has 0 unspecified atom stereocenters. The zero-order valence-corrected chi connectivity index (χ0v) is 15.6. The van der Waals surface area contributed by atoms with Crippen molar-refractivity contribution < 1.29 is 8.42 Å². The molecule has 0 aliphatic heterocycles. The summed E-state index contributed by atoms with van der Waals surface area (Å²) in [6.07, 6.45) is 5.42. The van der Waals surface area contributed by atoms with E-state index in [-0.39, 0.29) is 6.04 Å². The highest BCUT2D eigenvalue weighted by atomic mass is 79.9. The number of hydrogen-bond acceptors (Lipinski definition) is 2. The van der Waals surface area contributed by atoms with Crippen LogP contribution in [0.5, 0.6) is 0 Å². The molecule has 1 saturated carbocycles. The van der Waals surface area contributed by atoms with Crippen LogP contribution in [0, 0.1) is 20.8 Å². The van der Waals surface area contributed by atoms with Crippen molar-refractivity contribution >= 4 is 26.0 Å². The van der Waals surface area contributed by atoms with E-state index in [9.17, 15) is 8.42 Å². The highest BCUT2D eigenvalue weighted by Crippen LogP contribution is 2.34. The number of nitrogens with zero attached hydrogens (tertiary/aromatic N) is 1. The highest BCUT2D eigenvalue weighted by Gasteiger charge is 2.32. The van der Waals surface area contributed by atoms with Gasteiger partial charge < -0.3 is 0 Å². The SMILES string of the molecule is Cc1cc(C)c(S(=O)(=O)N(C)C2CCCCC2)c(C)c1Br. The van der Waals surface area contributed by atoms with Crippen molar-refractivity contribution in [2.75, 3.05) is 7.05 Å². The fourth-order valence-electron chi connectivity index (χ4n) is 3.33. The van der Waals surface area contributed by atoms with Gasteiger partial charge in [0.1, 0.15) is 0 Å². The van der Waals surface area contributed by atoms with Gasteiger partial charge in [0.25, 0.3) is 0 Å². The summed E-state index contributed by atoms with van der Waals surface area (Å²) in [5.74, 6) is 0. The quantitative estimate of drug-likeness (QED) is 0.790. The van der Waals surface area contributed by atoms with E-state index >= 15 is 0 Å². The summed E-state index contributed by atoms with van der Waals surface area (Å²) in [4.78, 5) is 0.466. The summed E-state index contributed by atoms with van der Waals surface area (Å²) in [5.41, 5.74) is 2.72. The highest BCUT2D eigenvalue weighted by molar-refractivity contribution is 9.10. The van der Waals surface area contributed by atoms with Gasteiger partial charge in [0, 0.05) is 17.6 Å². The Kier molecular flexibility index (Phi) is 5.16. The van der Waals surface area contributed by atoms with Crippen LogP contribution in [0.15, 0.2) is 15.4 Å². The van der Waals surface area contributed by atoms with Crippen molar-refractivity contribution in [3.05, 3.63) is 27.2 Å². The van der Waals surface area contributed by atoms with Gasteiger partial charge in [-0.2, -0.15) is 4.31 Å². The molecule has 118 valence electrons. The first kappa shape index (κ1) is 17.0. The van der Waals surface area contributed by atoms with Crippen LogP contribution in [-0.4, -0.2) is 25.8 Å². The van der Waals surface area contributed by atoms with Gasteiger partial charge in [0.05, 0.1) is 4.90 Å². The predicted molar refractivity (Wildman–Crippen MR) is 90.2 cm³/mol. The average Bonchev–Trinajstić information content (AvgIpc) is 2.44. The molecule has 3 nitrogen and oxygen atoms in total. The van der Waals surface area contributed by atoms with Crippen molar-refractivity contribution in [3.63, 3.8) is 0 Å². The number of benzene rings is 1. The molecule has 0 bridgehead atoms. The van der Waals surface area contributed by atoms with Crippen LogP contribution in [0.4, 0.5) is 0 Å². The Morgan fingerprint density at radius 1 is 1.10 bits per heavy atom. The minimum Gasteiger partial charge on any atom is -0.207 e. The van der Waals surface area contributed by atoms with Crippen molar-refractivity contribution in [1.82, 2.24) is 4.31 Å². The van der Waals surface area contributed by atoms with E-state index in [0.29, 0.717) is 4.90 Å². The first-order valence-electron chi connectivity index (χ1n) is 7.51. The second kappa shape index (κ2) is 6.39. The lowest BCUT2D eigenvalue weighted by molar-refractivity contribution is 0.285. The van der Waals surface area contributed by atoms with Crippen LogP contribution >= 0.6 is 15.9 Å². The third-order valence-electron chi connectivity index (χ3n) is 4.53. The zero-order valence-electron chi connectivity index (χ0n) is 13.2. The van der Waals surface area contributed by atoms with Gasteiger partial charge in [0.15, 0.2) is 0 Å². The minimum absolute atomic E-state index is 0.141. The molecule has 1 fully saturated rings. The van der Waals surface area contributed by atoms with Gasteiger partial charge in [0.2, 0.25) is 10.0 Å². The Balaban J connectivity index is 2.46. The van der Waals surface area contributed by atoms with Crippen molar-refractivity contribution in [1.29, 1.82) is 0 Å². The molecule has 0 atom stereocenters. The van der Waals surface area contributed by atoms with Gasteiger partial charge in [-0.1, -0.05) is 41.3 Å². The summed E-state index contributed by atoms with van der Waals surface area (Å²) < 4.78 is 28.6. The van der Waals surface area contributed by atoms with Crippen molar-refractivity contribution in [2.24, 2.45) is 0 Å². The molecule has 2 rings (SSSR count). The van der Waals surface area contributed by atoms with Crippen LogP contribution in [0.1, 0.15) is 48.8 Å². The fraction of sp³-hybridized carbons (Fsp3) is 0.625. The second-order valence-corrected chi connectivity index (χ2v) is 8.82. The van der Waals surface area contributed by atoms with Gasteiger partial charge in [-0.15, -0.1) is 0 Å². The molecular weight excluding hydrogens is 350 g/mol. The Bertz CT molecular complexity index is 634. The summed E-state index contributed by atoms with van der Waals surface area (Å²) >= 11 is 3.52. The number of halogens is 1. The predicted octanol–water partition coefficient (Wildman–Crippen LogP) is 4.33. The summed E-state index contributed by atoms with van der Waals surface area (Å²) in [7, 11) is -1.70. The van der Waals surface area contributed by atoms with E-state index in [1.807, 2.05) is 26.8 Å². The van der Waals surface area contributed by atoms with Crippen LogP contribution < -0.4 is 0 Å². The molecule has 21 heavy (non-hydrogen) atoms. The lowest BCUT2D eigenvalue weighted by atomic mass is 9.96. The maximum Gasteiger partial charge on any atom is 0.243 e. The van der Waals surface area contributed by atoms with E-state index in [1.165, 1.54) is 6.42 Å². The van der Waals surface area contributed by atoms with Crippen molar-refractivity contribution in [2.45, 2.75) is 63.8 Å². The molecule has 0 saturated heterocycles. The van der Waals surface area contributed by atoms with Crippen LogP contribution in [0.3, 0.4) is 0 Å². The van der Waals surface area contributed by atoms with E-state index in [2.05, 4.69) is 15.9 Å². The van der Waals surface area contributed by atoms with Gasteiger partial charge in [-0.25, -0.2) is 8.42 Å². The molecule has 5 heteroatoms. The van der Waals surface area contributed by atoms with Gasteiger partial charge >= 0.3 is 0 Å². The van der Waals surface area contributed by atoms with Crippen LogP contribution in [0.25, 0.3) is 0 Å². The van der Waals surface area contributed by atoms with Gasteiger partial charge in [-0.05, 0) is 50.3 Å². The third kappa shape index (κ3) is 3.20. The Hall–Kier alpha value is -0.390. The molecule has 0 radical (unpaired) electrons. The summed E-state index contributed by atoms with van der Waals surface area (Å²) in [6, 6.07) is 2.08. The standard InChI is InChI=1S/C16H24BrNO2S/c1-11-10-12(2)16(13(3)15(11)17)21(19,20)18(4)14-8-6-5-7-9-14/h10,14H,5-9H2,1-4H3. The third-order valence-corrected chi connectivity index (χ3v) is 7.95. The molecule has 0 amide bonds. The smallest absolute Gasteiger partial charge is 0.207 e. The Labute approximate surface area is 136 Å². The molecule has 0 aromatic heterocycles. The molecule has 1 aromatic carbocycles. The topological polar surface area (TPSA) is 37.4 Å². The number of sulfonamides is 1. The fourth-order valence-corrected chi connectivity index (χ4v) is 5.62. The zero-order chi connectivity index (χ0) is 15.8. The second-order valence-electron chi connectivity index (χ2n) is 6.09. The number of aryl methyl sites for hydroxylation is 2. The lowest BCUT2D eigenvalue weighted by Gasteiger charge is -2.31. The summed E-state index contributed by atoms with van der Waals surface area (Å²) in [6.45, 7) is 5.76. The number of rotatable bonds is 3. The van der Waals surface area contributed by atoms with Crippen LogP contribution in [0.2, 0.25) is 0 Å². The van der Waals surface area contributed by atoms with E-state index in [0.717, 1.165) is 46.8 Å². The van der Waals surface area contributed by atoms with E-state index in [4.69, 9.17) is 0 Å². The first-order chi connectivity index (χ1) is 9.76. The van der Waals surface area contributed by atoms with Crippen molar-refractivity contribution in [3.8, 4) is 0 Å². The molecule has 0 spiro atoms. The number of hydrogen-bond donors (Lipinski definition) is 0. The molecule has 1 aliphatic rings. The molecule has 1 aliphatic carbocycles. The Morgan fingerprint density at radius 3 is 2.24 bits per heavy atom. The summed E-state index contributed by atoms with van der Waals surface area (Å²) in [5, 5.41) is 0. The minimum atomic E-state index is -3.44. The van der Waals surface area contributed by atoms with Gasteiger partial charge in [-0.3, -0.25) is 0 Å². The molecule has 0 N–H and O–H groups in total. The van der Waals surface area contributed by atoms with E-state index in [1.54, 1.807) is 11.4 Å².